The number of nitrogen functional groups attached to an aromatic ring is 1. The third-order valence-electron chi connectivity index (χ3n) is 9.51. The second kappa shape index (κ2) is 13.9. The number of carbonyl (C=O) groups is 1. The molecule has 0 aliphatic carbocycles. The van der Waals surface area contributed by atoms with Gasteiger partial charge in [-0.05, 0) is 37.4 Å². The number of benzene rings is 2. The summed E-state index contributed by atoms with van der Waals surface area (Å²) in [5, 5.41) is 16.5. The van der Waals surface area contributed by atoms with Crippen LogP contribution in [0.4, 0.5) is 50.3 Å². The molecule has 0 spiro atoms. The molecule has 0 saturated carbocycles. The molecule has 0 amide bonds. The molecule has 3 aliphatic rings. The second-order valence-electron chi connectivity index (χ2n) is 12.9. The number of methoxy groups -OCH3 is 1. The van der Waals surface area contributed by atoms with Gasteiger partial charge >= 0.3 is 18.2 Å². The van der Waals surface area contributed by atoms with Gasteiger partial charge in [0, 0.05) is 31.3 Å². The number of nitrogens with zero attached hydrogens (tertiary/aromatic N) is 5. The van der Waals surface area contributed by atoms with Crippen molar-refractivity contribution in [2.45, 2.75) is 55.9 Å². The highest BCUT2D eigenvalue weighted by Crippen LogP contribution is 2.48. The number of carboxylic acids is 1. The van der Waals surface area contributed by atoms with Crippen LogP contribution < -0.4 is 20.1 Å². The molecule has 7 rings (SSSR count). The summed E-state index contributed by atoms with van der Waals surface area (Å²) < 4.78 is 135. The van der Waals surface area contributed by atoms with E-state index in [0.717, 1.165) is 37.0 Å². The molecular weight excluding hydrogens is 747 g/mol. The number of alkyl halides is 6. The molecule has 20 heteroatoms. The molecule has 3 fully saturated rings. The maximum atomic E-state index is 16.8. The molecule has 10 nitrogen and oxygen atoms in total. The van der Waals surface area contributed by atoms with E-state index in [-0.39, 0.29) is 82.4 Å². The molecule has 284 valence electrons. The molecule has 2 aromatic carbocycles. The highest BCUT2D eigenvalue weighted by molar-refractivity contribution is 7.23. The van der Waals surface area contributed by atoms with Gasteiger partial charge in [-0.2, -0.15) is 28.4 Å². The van der Waals surface area contributed by atoms with Crippen LogP contribution in [-0.4, -0.2) is 89.6 Å². The van der Waals surface area contributed by atoms with Crippen molar-refractivity contribution in [3.63, 3.8) is 0 Å². The zero-order chi connectivity index (χ0) is 38.6. The van der Waals surface area contributed by atoms with Crippen molar-refractivity contribution < 1.29 is 58.9 Å². The number of thiophene rings is 1. The molecule has 0 radical (unpaired) electrons. The topological polar surface area (TPSA) is 138 Å². The van der Waals surface area contributed by atoms with E-state index in [0.29, 0.717) is 13.0 Å². The lowest BCUT2D eigenvalue weighted by atomic mass is 9.95. The fourth-order valence-corrected chi connectivity index (χ4v) is 8.21. The molecule has 3 saturated heterocycles. The van der Waals surface area contributed by atoms with Crippen molar-refractivity contribution in [3.8, 4) is 29.0 Å². The summed E-state index contributed by atoms with van der Waals surface area (Å²) >= 11 is 0.763. The van der Waals surface area contributed by atoms with Gasteiger partial charge in [0.25, 0.3) is 5.92 Å². The van der Waals surface area contributed by atoms with Crippen LogP contribution in [0, 0.1) is 28.8 Å². The summed E-state index contributed by atoms with van der Waals surface area (Å²) in [6.45, 7) is 0.254. The third kappa shape index (κ3) is 6.91. The van der Waals surface area contributed by atoms with Crippen LogP contribution in [0.25, 0.3) is 32.1 Å². The maximum absolute atomic E-state index is 16.8. The number of hydrogen-bond donors (Lipinski definition) is 2. The number of fused-ring (bicyclic) bond motifs is 3. The number of nitriles is 1. The lowest BCUT2D eigenvalue weighted by Gasteiger charge is -2.34. The third-order valence-corrected chi connectivity index (χ3v) is 10.5. The quantitative estimate of drug-likeness (QED) is 0.193. The van der Waals surface area contributed by atoms with Gasteiger partial charge in [-0.1, -0.05) is 6.07 Å². The first-order valence-corrected chi connectivity index (χ1v) is 16.9. The molecule has 5 heterocycles. The van der Waals surface area contributed by atoms with Gasteiger partial charge in [-0.15, -0.1) is 11.3 Å². The van der Waals surface area contributed by atoms with E-state index < -0.39 is 70.6 Å². The molecule has 0 bridgehead atoms. The fraction of sp³-hybridized carbons (Fsp3) is 0.455. The Labute approximate surface area is 298 Å². The number of rotatable bonds is 6. The van der Waals surface area contributed by atoms with Crippen molar-refractivity contribution in [2.75, 3.05) is 50.5 Å². The monoisotopic (exact) mass is 776 g/mol. The van der Waals surface area contributed by atoms with Gasteiger partial charge in [-0.25, -0.2) is 31.1 Å². The van der Waals surface area contributed by atoms with E-state index in [1.807, 2.05) is 11.0 Å². The molecule has 3 aliphatic heterocycles. The highest BCUT2D eigenvalue weighted by atomic mass is 32.1. The van der Waals surface area contributed by atoms with Crippen LogP contribution in [0.5, 0.6) is 11.8 Å². The number of carboxylic acid groups (broad SMARTS) is 1. The smallest absolute Gasteiger partial charge is 0.490 e. The summed E-state index contributed by atoms with van der Waals surface area (Å²) in [4.78, 5) is 20.8. The first kappa shape index (κ1) is 38.0. The van der Waals surface area contributed by atoms with Crippen molar-refractivity contribution in [1.82, 2.24) is 14.9 Å². The number of nitrogens with two attached hydrogens (primary N) is 1. The van der Waals surface area contributed by atoms with Crippen LogP contribution in [0.15, 0.2) is 12.1 Å². The Hall–Kier alpha value is -4.77. The number of halogens is 9. The number of aliphatic carboxylic acids is 1. The zero-order valence-electron chi connectivity index (χ0n) is 27.6. The highest BCUT2D eigenvalue weighted by Gasteiger charge is 2.49. The number of anilines is 2. The van der Waals surface area contributed by atoms with Crippen molar-refractivity contribution in [3.05, 3.63) is 35.1 Å². The number of ether oxygens (including phenoxy) is 2. The van der Waals surface area contributed by atoms with E-state index >= 15 is 8.78 Å². The van der Waals surface area contributed by atoms with Gasteiger partial charge in [0.1, 0.15) is 41.0 Å². The summed E-state index contributed by atoms with van der Waals surface area (Å²) in [5.74, 6) is -9.78. The van der Waals surface area contributed by atoms with E-state index in [9.17, 15) is 36.0 Å². The molecule has 0 unspecified atom stereocenters. The molecule has 2 aromatic heterocycles. The minimum Gasteiger partial charge on any atom is -0.493 e. The number of piperidine rings is 1. The SMILES string of the molecule is COc1c(F)c(-c2ccc(F)c3sc(N)c(C#N)c23)c(F)c2nc(OC[C@@]34CCCN3C[C@H](F)C4)nc(N3CCCC(F)(F)C3)c12.O=C(O)C(F)(F)F. The van der Waals surface area contributed by atoms with Crippen LogP contribution in [0.2, 0.25) is 0 Å². The Morgan fingerprint density at radius 1 is 1.13 bits per heavy atom. The average Bonchev–Trinajstić information content (AvgIpc) is 3.73. The molecular formula is C33H29F9N6O4S. The Bertz CT molecular complexity index is 2140. The van der Waals surface area contributed by atoms with E-state index in [1.54, 1.807) is 0 Å². The van der Waals surface area contributed by atoms with E-state index in [1.165, 1.54) is 4.90 Å². The first-order valence-electron chi connectivity index (χ1n) is 16.0. The van der Waals surface area contributed by atoms with Gasteiger partial charge < -0.3 is 25.2 Å². The van der Waals surface area contributed by atoms with Crippen molar-refractivity contribution in [1.29, 1.82) is 5.26 Å². The Kier molecular flexibility index (Phi) is 9.96. The van der Waals surface area contributed by atoms with Gasteiger partial charge in [-0.3, -0.25) is 4.90 Å². The Morgan fingerprint density at radius 3 is 2.47 bits per heavy atom. The van der Waals surface area contributed by atoms with Crippen molar-refractivity contribution >= 4 is 49.1 Å². The summed E-state index contributed by atoms with van der Waals surface area (Å²) in [6.07, 6.45) is -4.68. The summed E-state index contributed by atoms with van der Waals surface area (Å²) in [7, 11) is 1.13. The van der Waals surface area contributed by atoms with E-state index in [2.05, 4.69) is 9.97 Å². The minimum atomic E-state index is -5.08. The van der Waals surface area contributed by atoms with Crippen LogP contribution in [0.1, 0.15) is 37.7 Å². The number of hydrogen-bond acceptors (Lipinski definition) is 10. The Balaban J connectivity index is 0.000000626. The van der Waals surface area contributed by atoms with Crippen molar-refractivity contribution in [2.24, 2.45) is 0 Å². The summed E-state index contributed by atoms with van der Waals surface area (Å²) in [6, 6.07) is 3.66. The Morgan fingerprint density at radius 2 is 1.83 bits per heavy atom. The predicted molar refractivity (Wildman–Crippen MR) is 175 cm³/mol. The van der Waals surface area contributed by atoms with Gasteiger partial charge in [0.15, 0.2) is 17.4 Å². The zero-order valence-corrected chi connectivity index (χ0v) is 28.4. The maximum Gasteiger partial charge on any atom is 0.490 e. The predicted octanol–water partition coefficient (Wildman–Crippen LogP) is 7.22. The molecule has 4 aromatic rings. The van der Waals surface area contributed by atoms with E-state index in [4.69, 9.17) is 25.1 Å². The summed E-state index contributed by atoms with van der Waals surface area (Å²) in [5.41, 5.74) is 3.84. The molecule has 2 atom stereocenters. The van der Waals surface area contributed by atoms with Gasteiger partial charge in [0.05, 0.1) is 40.4 Å². The fourth-order valence-electron chi connectivity index (χ4n) is 7.26. The van der Waals surface area contributed by atoms with Gasteiger partial charge in [0.2, 0.25) is 0 Å². The first-order chi connectivity index (χ1) is 24.9. The van der Waals surface area contributed by atoms with Crippen LogP contribution >= 0.6 is 11.3 Å². The largest absolute Gasteiger partial charge is 0.493 e. The lowest BCUT2D eigenvalue weighted by Crippen LogP contribution is -2.44. The standard InChI is InChI=1S/C31H28F6N6O2S.C2HF3O2/c1-44-25-21-24(22(34)20(23(25)35)16-4-5-18(33)26-19(16)17(11-38)27(39)46-26)40-29(41-28(21)42-8-3-7-31(36,37)13-42)45-14-30-6-2-9-43(30)12-15(32)10-30;3-2(4,5)1(6)7/h4-5,15H,2-3,6-10,12-14,39H2,1H3;(H,6,7)/t15-,30+;/m1./s1. The molecule has 3 N–H and O–H groups in total. The second-order valence-corrected chi connectivity index (χ2v) is 13.9. The lowest BCUT2D eigenvalue weighted by molar-refractivity contribution is -0.192. The average molecular weight is 777 g/mol. The normalized spacial score (nSPS) is 21.3. The van der Waals surface area contributed by atoms with Crippen LogP contribution in [0.3, 0.4) is 0 Å². The number of aromatic nitrogens is 2. The van der Waals surface area contributed by atoms with Crippen LogP contribution in [-0.2, 0) is 4.79 Å². The minimum absolute atomic E-state index is 0.0281. The molecule has 53 heavy (non-hydrogen) atoms.